The number of nitrogens with one attached hydrogen (secondary N) is 2. The molecule has 2 aromatic carbocycles. The van der Waals surface area contributed by atoms with Gasteiger partial charge in [0.15, 0.2) is 8.32 Å². The molecule has 1 fully saturated rings. The number of benzene rings is 2. The maximum atomic E-state index is 13.9. The lowest BCUT2D eigenvalue weighted by molar-refractivity contribution is -0.00239. The van der Waals surface area contributed by atoms with Crippen molar-refractivity contribution in [2.24, 2.45) is 0 Å². The summed E-state index contributed by atoms with van der Waals surface area (Å²) in [6, 6.07) is 17.5. The van der Waals surface area contributed by atoms with E-state index in [0.29, 0.717) is 17.6 Å². The summed E-state index contributed by atoms with van der Waals surface area (Å²) in [4.78, 5) is 30.4. The highest BCUT2D eigenvalue weighted by Crippen LogP contribution is 2.44. The SMILES string of the molecule is CN(C/C(C=N)=C/C=N)C(=O)c1ccc(C[C@@H]2CC[C@H]([C@H](O[Si](C)(C)C(C)(C)C)c3ccccc3)N2C(=O)OC(C)(C)C)cc1. The van der Waals surface area contributed by atoms with Gasteiger partial charge in [0, 0.05) is 37.6 Å². The van der Waals surface area contributed by atoms with Crippen LogP contribution in [0.25, 0.3) is 0 Å². The van der Waals surface area contributed by atoms with Crippen LogP contribution in [0.5, 0.6) is 0 Å². The number of likely N-dealkylation sites (N-methyl/N-ethyl adjacent to an activating group) is 1. The third kappa shape index (κ3) is 9.47. The van der Waals surface area contributed by atoms with Gasteiger partial charge in [0.25, 0.3) is 5.91 Å². The van der Waals surface area contributed by atoms with Crippen molar-refractivity contribution >= 4 is 32.7 Å². The quantitative estimate of drug-likeness (QED) is 0.193. The molecule has 2 amide bonds. The number of hydrogen-bond acceptors (Lipinski definition) is 6. The largest absolute Gasteiger partial charge is 0.444 e. The molecule has 0 spiro atoms. The minimum absolute atomic E-state index is 0.000576. The number of likely N-dealkylation sites (tertiary alicyclic amines) is 1. The minimum Gasteiger partial charge on any atom is -0.444 e. The molecule has 1 aliphatic rings. The van der Waals surface area contributed by atoms with Gasteiger partial charge in [-0.1, -0.05) is 63.2 Å². The Hall–Kier alpha value is -3.56. The first-order valence-corrected chi connectivity index (χ1v) is 18.7. The highest BCUT2D eigenvalue weighted by molar-refractivity contribution is 6.74. The fourth-order valence-electron chi connectivity index (χ4n) is 5.39. The van der Waals surface area contributed by atoms with Crippen LogP contribution in [0.3, 0.4) is 0 Å². The summed E-state index contributed by atoms with van der Waals surface area (Å²) in [6.07, 6.45) is 5.39. The molecule has 0 aliphatic carbocycles. The molecule has 0 bridgehead atoms. The van der Waals surface area contributed by atoms with Crippen LogP contribution >= 0.6 is 0 Å². The molecule has 45 heavy (non-hydrogen) atoms. The van der Waals surface area contributed by atoms with Gasteiger partial charge >= 0.3 is 6.09 Å². The first-order chi connectivity index (χ1) is 21.0. The van der Waals surface area contributed by atoms with Crippen LogP contribution in [0, 0.1) is 10.8 Å². The van der Waals surface area contributed by atoms with E-state index >= 15 is 0 Å². The Bertz CT molecular complexity index is 1360. The summed E-state index contributed by atoms with van der Waals surface area (Å²) in [6.45, 7) is 17.1. The summed E-state index contributed by atoms with van der Waals surface area (Å²) in [5.74, 6) is -0.163. The van der Waals surface area contributed by atoms with Crippen molar-refractivity contribution in [2.45, 2.75) is 103 Å². The summed E-state index contributed by atoms with van der Waals surface area (Å²) < 4.78 is 13.1. The van der Waals surface area contributed by atoms with Gasteiger partial charge < -0.3 is 24.9 Å². The highest BCUT2D eigenvalue weighted by atomic mass is 28.4. The van der Waals surface area contributed by atoms with E-state index in [2.05, 4.69) is 46.0 Å². The molecule has 3 atom stereocenters. The van der Waals surface area contributed by atoms with E-state index in [1.54, 1.807) is 7.05 Å². The van der Waals surface area contributed by atoms with Gasteiger partial charge in [-0.2, -0.15) is 0 Å². The van der Waals surface area contributed by atoms with Crippen molar-refractivity contribution in [3.63, 3.8) is 0 Å². The van der Waals surface area contributed by atoms with Gasteiger partial charge in [0.1, 0.15) is 5.60 Å². The smallest absolute Gasteiger partial charge is 0.410 e. The Kier molecular flexibility index (Phi) is 11.7. The molecule has 0 saturated carbocycles. The van der Waals surface area contributed by atoms with Gasteiger partial charge in [-0.15, -0.1) is 0 Å². The minimum atomic E-state index is -2.21. The van der Waals surface area contributed by atoms with E-state index in [0.717, 1.165) is 36.4 Å². The number of carbonyl (C=O) groups is 2. The van der Waals surface area contributed by atoms with Gasteiger partial charge in [-0.3, -0.25) is 9.69 Å². The second kappa shape index (κ2) is 14.7. The number of allylic oxidation sites excluding steroid dienone is 1. The van der Waals surface area contributed by atoms with E-state index in [-0.39, 0.29) is 41.8 Å². The molecule has 0 aromatic heterocycles. The predicted molar refractivity (Wildman–Crippen MR) is 185 cm³/mol. The number of amides is 2. The van der Waals surface area contributed by atoms with Crippen molar-refractivity contribution in [3.05, 3.63) is 82.9 Å². The maximum absolute atomic E-state index is 13.9. The Balaban J connectivity index is 1.91. The number of nitrogens with zero attached hydrogens (tertiary/aromatic N) is 2. The predicted octanol–water partition coefficient (Wildman–Crippen LogP) is 8.06. The van der Waals surface area contributed by atoms with E-state index < -0.39 is 13.9 Å². The first-order valence-electron chi connectivity index (χ1n) is 15.8. The Morgan fingerprint density at radius 2 is 1.62 bits per heavy atom. The summed E-state index contributed by atoms with van der Waals surface area (Å²) in [5, 5.41) is 14.8. The summed E-state index contributed by atoms with van der Waals surface area (Å²) >= 11 is 0. The topological polar surface area (TPSA) is 107 Å². The van der Waals surface area contributed by atoms with Crippen LogP contribution in [0.2, 0.25) is 18.1 Å². The third-order valence-electron chi connectivity index (χ3n) is 8.78. The Labute approximate surface area is 270 Å². The van der Waals surface area contributed by atoms with Crippen molar-refractivity contribution in [3.8, 4) is 0 Å². The molecule has 9 heteroatoms. The number of hydrogen-bond donors (Lipinski definition) is 2. The molecule has 2 aromatic rings. The average molecular weight is 633 g/mol. The Morgan fingerprint density at radius 3 is 2.16 bits per heavy atom. The highest BCUT2D eigenvalue weighted by Gasteiger charge is 2.47. The lowest BCUT2D eigenvalue weighted by Gasteiger charge is -2.43. The fraction of sp³-hybridized carbons (Fsp3) is 0.500. The van der Waals surface area contributed by atoms with Crippen LogP contribution in [0.15, 0.2) is 66.2 Å². The molecule has 1 aliphatic heterocycles. The molecule has 1 heterocycles. The van der Waals surface area contributed by atoms with Crippen molar-refractivity contribution in [1.82, 2.24) is 9.80 Å². The Morgan fingerprint density at radius 1 is 1.00 bits per heavy atom. The lowest BCUT2D eigenvalue weighted by atomic mass is 10.0. The summed E-state index contributed by atoms with van der Waals surface area (Å²) in [7, 11) is -0.527. The van der Waals surface area contributed by atoms with E-state index in [1.165, 1.54) is 11.0 Å². The van der Waals surface area contributed by atoms with Crippen molar-refractivity contribution in [1.29, 1.82) is 10.8 Å². The van der Waals surface area contributed by atoms with Crippen LogP contribution in [-0.4, -0.2) is 73.8 Å². The zero-order valence-electron chi connectivity index (χ0n) is 28.5. The molecular formula is C36H52N4O4Si. The second-order valence-electron chi connectivity index (χ2n) is 14.5. The number of rotatable bonds is 11. The van der Waals surface area contributed by atoms with E-state index in [1.807, 2.05) is 68.1 Å². The molecule has 3 rings (SSSR count). The van der Waals surface area contributed by atoms with Crippen molar-refractivity contribution < 1.29 is 18.8 Å². The molecule has 0 unspecified atom stereocenters. The zero-order valence-corrected chi connectivity index (χ0v) is 29.5. The molecule has 8 nitrogen and oxygen atoms in total. The van der Waals surface area contributed by atoms with E-state index in [4.69, 9.17) is 20.0 Å². The van der Waals surface area contributed by atoms with Gasteiger partial charge in [-0.05, 0) is 93.1 Å². The van der Waals surface area contributed by atoms with Crippen molar-refractivity contribution in [2.75, 3.05) is 13.6 Å². The fourth-order valence-corrected chi connectivity index (χ4v) is 6.67. The molecule has 2 N–H and O–H groups in total. The normalized spacial score (nSPS) is 18.3. The average Bonchev–Trinajstić information content (AvgIpc) is 3.38. The van der Waals surface area contributed by atoms with Crippen LogP contribution in [0.4, 0.5) is 4.79 Å². The molecule has 0 radical (unpaired) electrons. The monoisotopic (exact) mass is 632 g/mol. The third-order valence-corrected chi connectivity index (χ3v) is 13.2. The van der Waals surface area contributed by atoms with E-state index in [9.17, 15) is 9.59 Å². The van der Waals surface area contributed by atoms with Gasteiger partial charge in [-0.25, -0.2) is 4.79 Å². The molecule has 1 saturated heterocycles. The summed E-state index contributed by atoms with van der Waals surface area (Å²) in [5.41, 5.74) is 2.56. The van der Waals surface area contributed by atoms with Gasteiger partial charge in [0.05, 0.1) is 12.1 Å². The number of carbonyl (C=O) groups excluding carboxylic acids is 2. The number of ether oxygens (including phenoxy) is 1. The molecule has 244 valence electrons. The van der Waals surface area contributed by atoms with Gasteiger partial charge in [0.2, 0.25) is 0 Å². The first kappa shape index (κ1) is 35.9. The lowest BCUT2D eigenvalue weighted by Crippen LogP contribution is -2.50. The zero-order chi connectivity index (χ0) is 33.6. The van der Waals surface area contributed by atoms with Crippen LogP contribution in [-0.2, 0) is 15.6 Å². The van der Waals surface area contributed by atoms with Crippen LogP contribution < -0.4 is 0 Å². The van der Waals surface area contributed by atoms with Crippen LogP contribution in [0.1, 0.15) is 82.0 Å². The molecular weight excluding hydrogens is 581 g/mol. The standard InChI is InChI=1S/C36H52N4O4Si/c1-35(2,3)43-34(42)40-30(23-26-15-17-29(18-16-26)33(41)39(7)25-27(24-38)21-22-37)19-20-31(40)32(28-13-11-10-12-14-28)44-45(8,9)36(4,5)6/h10-18,21-22,24,30-32,37-38H,19-20,23,25H2,1-9H3/b27-21+,37-22?,38-24?/t30-,31+,32+/m0/s1. The second-order valence-corrected chi connectivity index (χ2v) is 19.3. The maximum Gasteiger partial charge on any atom is 0.410 e.